The molecule has 0 radical (unpaired) electrons. The van der Waals surface area contributed by atoms with Crippen LogP contribution in [0.3, 0.4) is 0 Å². The van der Waals surface area contributed by atoms with Gasteiger partial charge in [-0.25, -0.2) is 0 Å². The predicted molar refractivity (Wildman–Crippen MR) is 64.0 cm³/mol. The molecule has 16 heavy (non-hydrogen) atoms. The number of nitrogens with zero attached hydrogens (tertiary/aromatic N) is 1. The van der Waals surface area contributed by atoms with E-state index in [1.165, 1.54) is 7.11 Å². The van der Waals surface area contributed by atoms with E-state index in [1.54, 1.807) is 0 Å². The maximum absolute atomic E-state index is 11.6. The van der Waals surface area contributed by atoms with E-state index >= 15 is 0 Å². The number of ether oxygens (including phenoxy) is 1. The van der Waals surface area contributed by atoms with Gasteiger partial charge in [0, 0.05) is 19.1 Å². The Labute approximate surface area is 98.1 Å². The summed E-state index contributed by atoms with van der Waals surface area (Å²) in [6.45, 7) is 8.72. The van der Waals surface area contributed by atoms with Crippen molar-refractivity contribution >= 4 is 5.97 Å². The molecule has 0 aromatic heterocycles. The van der Waals surface area contributed by atoms with Gasteiger partial charge in [0.2, 0.25) is 0 Å². The largest absolute Gasteiger partial charge is 0.469 e. The molecule has 4 nitrogen and oxygen atoms in total. The highest BCUT2D eigenvalue weighted by molar-refractivity contribution is 5.76. The zero-order valence-corrected chi connectivity index (χ0v) is 10.8. The van der Waals surface area contributed by atoms with E-state index in [2.05, 4.69) is 11.8 Å². The van der Waals surface area contributed by atoms with Gasteiger partial charge in [0.25, 0.3) is 0 Å². The Balaban J connectivity index is 2.51. The molecule has 0 spiro atoms. The SMILES string of the molecule is COC(=O)C(C)(C)CN1CCC(N)C(C)C1. The van der Waals surface area contributed by atoms with Crippen LogP contribution in [0.1, 0.15) is 27.2 Å². The summed E-state index contributed by atoms with van der Waals surface area (Å²) in [5.74, 6) is 0.359. The lowest BCUT2D eigenvalue weighted by molar-refractivity contribution is -0.152. The first-order valence-corrected chi connectivity index (χ1v) is 5.93. The average Bonchev–Trinajstić information content (AvgIpc) is 2.22. The molecule has 0 bridgehead atoms. The van der Waals surface area contributed by atoms with Crippen LogP contribution in [0.25, 0.3) is 0 Å². The van der Waals surface area contributed by atoms with Crippen LogP contribution in [-0.4, -0.2) is 43.7 Å². The Bertz CT molecular complexity index is 253. The minimum absolute atomic E-state index is 0.143. The molecule has 0 aromatic carbocycles. The number of hydrogen-bond donors (Lipinski definition) is 1. The molecule has 1 rings (SSSR count). The molecule has 0 aromatic rings. The minimum atomic E-state index is -0.435. The summed E-state index contributed by atoms with van der Waals surface area (Å²) in [6, 6.07) is 0.303. The third-order valence-electron chi connectivity index (χ3n) is 3.41. The van der Waals surface area contributed by atoms with E-state index in [9.17, 15) is 4.79 Å². The lowest BCUT2D eigenvalue weighted by Crippen LogP contribution is -2.49. The Hall–Kier alpha value is -0.610. The van der Waals surface area contributed by atoms with E-state index < -0.39 is 5.41 Å². The Morgan fingerprint density at radius 2 is 2.19 bits per heavy atom. The van der Waals surface area contributed by atoms with Crippen molar-refractivity contribution in [2.75, 3.05) is 26.7 Å². The number of carbonyl (C=O) groups excluding carboxylic acids is 1. The fraction of sp³-hybridized carbons (Fsp3) is 0.917. The lowest BCUT2D eigenvalue weighted by Gasteiger charge is -2.38. The number of piperidine rings is 1. The number of nitrogens with two attached hydrogens (primary N) is 1. The molecule has 1 fully saturated rings. The number of rotatable bonds is 3. The van der Waals surface area contributed by atoms with Crippen LogP contribution < -0.4 is 5.73 Å². The summed E-state index contributed by atoms with van der Waals surface area (Å²) in [6.07, 6.45) is 1.01. The molecule has 1 saturated heterocycles. The van der Waals surface area contributed by atoms with Crippen molar-refractivity contribution in [1.29, 1.82) is 0 Å². The van der Waals surface area contributed by atoms with Gasteiger partial charge in [0.15, 0.2) is 0 Å². The molecule has 0 aliphatic carbocycles. The first kappa shape index (κ1) is 13.5. The molecule has 2 atom stereocenters. The van der Waals surface area contributed by atoms with Gasteiger partial charge in [-0.2, -0.15) is 0 Å². The van der Waals surface area contributed by atoms with Crippen molar-refractivity contribution in [3.63, 3.8) is 0 Å². The van der Waals surface area contributed by atoms with Crippen LogP contribution in [0.4, 0.5) is 0 Å². The zero-order valence-electron chi connectivity index (χ0n) is 10.8. The van der Waals surface area contributed by atoms with Gasteiger partial charge in [-0.3, -0.25) is 4.79 Å². The van der Waals surface area contributed by atoms with Crippen LogP contribution in [-0.2, 0) is 9.53 Å². The molecule has 94 valence electrons. The number of likely N-dealkylation sites (tertiary alicyclic amines) is 1. The molecule has 1 aliphatic rings. The van der Waals surface area contributed by atoms with Crippen molar-refractivity contribution in [2.45, 2.75) is 33.2 Å². The van der Waals surface area contributed by atoms with Crippen LogP contribution in [0.15, 0.2) is 0 Å². The second kappa shape index (κ2) is 5.15. The Morgan fingerprint density at radius 3 is 2.69 bits per heavy atom. The van der Waals surface area contributed by atoms with Gasteiger partial charge in [-0.15, -0.1) is 0 Å². The van der Waals surface area contributed by atoms with Crippen LogP contribution in [0.5, 0.6) is 0 Å². The molecule has 1 aliphatic heterocycles. The summed E-state index contributed by atoms with van der Waals surface area (Å²) in [7, 11) is 1.44. The molecule has 1 heterocycles. The number of esters is 1. The maximum atomic E-state index is 11.6. The third kappa shape index (κ3) is 3.19. The summed E-state index contributed by atoms with van der Waals surface area (Å²) in [5.41, 5.74) is 5.54. The smallest absolute Gasteiger partial charge is 0.312 e. The first-order valence-electron chi connectivity index (χ1n) is 5.93. The maximum Gasteiger partial charge on any atom is 0.312 e. The number of hydrogen-bond acceptors (Lipinski definition) is 4. The van der Waals surface area contributed by atoms with Crippen molar-refractivity contribution in [2.24, 2.45) is 17.1 Å². The highest BCUT2D eigenvalue weighted by Gasteiger charge is 2.33. The van der Waals surface area contributed by atoms with Gasteiger partial charge in [-0.05, 0) is 32.7 Å². The Morgan fingerprint density at radius 1 is 1.56 bits per heavy atom. The molecular weight excluding hydrogens is 204 g/mol. The predicted octanol–water partition coefficient (Wildman–Crippen LogP) is 0.855. The monoisotopic (exact) mass is 228 g/mol. The summed E-state index contributed by atoms with van der Waals surface area (Å²) < 4.78 is 4.81. The molecular formula is C12H24N2O2. The molecule has 0 saturated carbocycles. The first-order chi connectivity index (χ1) is 7.36. The van der Waals surface area contributed by atoms with Gasteiger partial charge in [0.05, 0.1) is 12.5 Å². The normalized spacial score (nSPS) is 27.8. The van der Waals surface area contributed by atoms with E-state index in [0.717, 1.165) is 26.1 Å². The highest BCUT2D eigenvalue weighted by Crippen LogP contribution is 2.23. The fourth-order valence-corrected chi connectivity index (χ4v) is 2.29. The zero-order chi connectivity index (χ0) is 12.3. The molecule has 0 amide bonds. The molecule has 2 N–H and O–H groups in total. The average molecular weight is 228 g/mol. The van der Waals surface area contributed by atoms with E-state index in [-0.39, 0.29) is 5.97 Å². The third-order valence-corrected chi connectivity index (χ3v) is 3.41. The summed E-state index contributed by atoms with van der Waals surface area (Å²) in [4.78, 5) is 13.9. The summed E-state index contributed by atoms with van der Waals surface area (Å²) >= 11 is 0. The van der Waals surface area contributed by atoms with Crippen molar-refractivity contribution < 1.29 is 9.53 Å². The number of carbonyl (C=O) groups is 1. The quantitative estimate of drug-likeness (QED) is 0.728. The van der Waals surface area contributed by atoms with Gasteiger partial charge < -0.3 is 15.4 Å². The summed E-state index contributed by atoms with van der Waals surface area (Å²) in [5, 5.41) is 0. The fourth-order valence-electron chi connectivity index (χ4n) is 2.29. The van der Waals surface area contributed by atoms with Crippen molar-refractivity contribution in [3.05, 3.63) is 0 Å². The van der Waals surface area contributed by atoms with E-state index in [4.69, 9.17) is 10.5 Å². The van der Waals surface area contributed by atoms with E-state index in [1.807, 2.05) is 13.8 Å². The standard InChI is InChI=1S/C12H24N2O2/c1-9-7-14(6-5-10(9)13)8-12(2,3)11(15)16-4/h9-10H,5-8,13H2,1-4H3. The minimum Gasteiger partial charge on any atom is -0.469 e. The van der Waals surface area contributed by atoms with Gasteiger partial charge in [0.1, 0.15) is 0 Å². The second-order valence-corrected chi connectivity index (χ2v) is 5.54. The molecule has 4 heteroatoms. The highest BCUT2D eigenvalue weighted by atomic mass is 16.5. The number of methoxy groups -OCH3 is 1. The topological polar surface area (TPSA) is 55.6 Å². The van der Waals surface area contributed by atoms with Crippen LogP contribution in [0, 0.1) is 11.3 Å². The molecule has 2 unspecified atom stereocenters. The van der Waals surface area contributed by atoms with Crippen molar-refractivity contribution in [3.8, 4) is 0 Å². The second-order valence-electron chi connectivity index (χ2n) is 5.54. The van der Waals surface area contributed by atoms with E-state index in [0.29, 0.717) is 12.0 Å². The van der Waals surface area contributed by atoms with Gasteiger partial charge >= 0.3 is 5.97 Å². The van der Waals surface area contributed by atoms with Gasteiger partial charge in [-0.1, -0.05) is 6.92 Å². The lowest BCUT2D eigenvalue weighted by atomic mass is 9.89. The Kier molecular flexibility index (Phi) is 4.33. The van der Waals surface area contributed by atoms with Crippen LogP contribution >= 0.6 is 0 Å². The van der Waals surface area contributed by atoms with Crippen LogP contribution in [0.2, 0.25) is 0 Å². The van der Waals surface area contributed by atoms with Crippen molar-refractivity contribution in [1.82, 2.24) is 4.90 Å².